The van der Waals surface area contributed by atoms with E-state index >= 15 is 0 Å². The zero-order valence-electron chi connectivity index (χ0n) is 25.7. The zero-order chi connectivity index (χ0) is 31.2. The summed E-state index contributed by atoms with van der Waals surface area (Å²) in [5.41, 5.74) is 11.6. The number of fused-ring (bicyclic) bond motifs is 5. The summed E-state index contributed by atoms with van der Waals surface area (Å²) >= 11 is 0. The van der Waals surface area contributed by atoms with Crippen molar-refractivity contribution in [2.75, 3.05) is 4.90 Å². The third-order valence-electron chi connectivity index (χ3n) is 9.09. The monoisotopic (exact) mass is 601 g/mol. The van der Waals surface area contributed by atoms with Crippen LogP contribution in [-0.4, -0.2) is 9.13 Å². The van der Waals surface area contributed by atoms with Gasteiger partial charge in [-0.15, -0.1) is 0 Å². The molecule has 2 aromatic heterocycles. The van der Waals surface area contributed by atoms with Crippen molar-refractivity contribution in [3.05, 3.63) is 188 Å². The molecular formula is C44H31N3. The van der Waals surface area contributed by atoms with Gasteiger partial charge < -0.3 is 14.0 Å². The molecule has 2 heterocycles. The summed E-state index contributed by atoms with van der Waals surface area (Å²) in [5.74, 6) is 0. The van der Waals surface area contributed by atoms with Crippen LogP contribution in [0.25, 0.3) is 55.3 Å². The van der Waals surface area contributed by atoms with Crippen LogP contribution < -0.4 is 4.90 Å². The molecule has 0 amide bonds. The second kappa shape index (κ2) is 11.2. The molecule has 47 heavy (non-hydrogen) atoms. The van der Waals surface area contributed by atoms with Crippen molar-refractivity contribution in [2.45, 2.75) is 0 Å². The van der Waals surface area contributed by atoms with Gasteiger partial charge in [-0.2, -0.15) is 0 Å². The molecule has 9 aromatic rings. The zero-order valence-corrected chi connectivity index (χ0v) is 25.7. The molecule has 7 aromatic carbocycles. The summed E-state index contributed by atoms with van der Waals surface area (Å²) in [6.07, 6.45) is 0. The van der Waals surface area contributed by atoms with Crippen LogP contribution in [0.1, 0.15) is 0 Å². The summed E-state index contributed by atoms with van der Waals surface area (Å²) in [4.78, 5) is 2.31. The molecule has 0 saturated carbocycles. The molecule has 0 aliphatic rings. The van der Waals surface area contributed by atoms with Gasteiger partial charge in [0.25, 0.3) is 0 Å². The first kappa shape index (κ1) is 27.0. The predicted octanol–water partition coefficient (Wildman–Crippen LogP) is 11.9. The Morgan fingerprint density at radius 3 is 1.51 bits per heavy atom. The van der Waals surface area contributed by atoms with Gasteiger partial charge in [-0.25, -0.2) is 0 Å². The van der Waals surface area contributed by atoms with Crippen LogP contribution in [0.3, 0.4) is 0 Å². The quantitative estimate of drug-likeness (QED) is 0.185. The molecular weight excluding hydrogens is 571 g/mol. The van der Waals surface area contributed by atoms with Gasteiger partial charge in [0, 0.05) is 44.6 Å². The van der Waals surface area contributed by atoms with Gasteiger partial charge in [0.1, 0.15) is 0 Å². The maximum atomic E-state index is 2.44. The molecule has 0 aliphatic heterocycles. The molecule has 0 aliphatic carbocycles. The summed E-state index contributed by atoms with van der Waals surface area (Å²) in [5, 5.41) is 3.72. The minimum atomic E-state index is 1.11. The van der Waals surface area contributed by atoms with Gasteiger partial charge in [0.2, 0.25) is 0 Å². The van der Waals surface area contributed by atoms with E-state index in [1.165, 1.54) is 44.0 Å². The van der Waals surface area contributed by atoms with E-state index in [1.807, 2.05) is 0 Å². The molecule has 0 spiro atoms. The maximum absolute atomic E-state index is 2.44. The SMILES string of the molecule is c1ccc(-c2cc3c(ccc4c5ccccc5n(-c5ccc(N(c6ccccc6)c6ccccc6)cc5)c43)n2-c2ccccc2)cc1. The third-order valence-corrected chi connectivity index (χ3v) is 9.09. The van der Waals surface area contributed by atoms with Gasteiger partial charge in [0.15, 0.2) is 0 Å². The van der Waals surface area contributed by atoms with Gasteiger partial charge in [-0.05, 0) is 84.4 Å². The highest BCUT2D eigenvalue weighted by Crippen LogP contribution is 2.41. The second-order valence-corrected chi connectivity index (χ2v) is 11.8. The lowest BCUT2D eigenvalue weighted by atomic mass is 10.1. The first-order valence-corrected chi connectivity index (χ1v) is 16.0. The van der Waals surface area contributed by atoms with Crippen LogP contribution in [0.2, 0.25) is 0 Å². The Morgan fingerprint density at radius 2 is 0.851 bits per heavy atom. The summed E-state index contributed by atoms with van der Waals surface area (Å²) in [6, 6.07) is 67.2. The number of rotatable bonds is 6. The summed E-state index contributed by atoms with van der Waals surface area (Å²) in [6.45, 7) is 0. The normalized spacial score (nSPS) is 11.4. The minimum absolute atomic E-state index is 1.11. The summed E-state index contributed by atoms with van der Waals surface area (Å²) < 4.78 is 4.84. The Bertz CT molecular complexity index is 2440. The van der Waals surface area contributed by atoms with E-state index in [2.05, 4.69) is 202 Å². The van der Waals surface area contributed by atoms with E-state index in [0.29, 0.717) is 0 Å². The predicted molar refractivity (Wildman–Crippen MR) is 198 cm³/mol. The molecule has 3 heteroatoms. The fraction of sp³-hybridized carbons (Fsp3) is 0. The molecule has 0 atom stereocenters. The van der Waals surface area contributed by atoms with E-state index in [1.54, 1.807) is 0 Å². The Labute approximate surface area is 273 Å². The Hall–Kier alpha value is -6.32. The third kappa shape index (κ3) is 4.52. The van der Waals surface area contributed by atoms with Crippen molar-refractivity contribution in [1.82, 2.24) is 9.13 Å². The topological polar surface area (TPSA) is 13.1 Å². The standard InChI is InChI=1S/C44H31N3/c1-5-15-32(16-6-1)43-31-40-42(46(43)35-21-11-4-12-22-35)30-29-39-38-23-13-14-24-41(38)47(44(39)40)37-27-25-36(26-28-37)45(33-17-7-2-8-18-33)34-19-9-3-10-20-34/h1-31H. The largest absolute Gasteiger partial charge is 0.311 e. The number of nitrogens with zero attached hydrogens (tertiary/aromatic N) is 3. The molecule has 0 saturated heterocycles. The van der Waals surface area contributed by atoms with Gasteiger partial charge >= 0.3 is 0 Å². The molecule has 0 bridgehead atoms. The molecule has 0 N–H and O–H groups in total. The first-order valence-electron chi connectivity index (χ1n) is 16.0. The number of para-hydroxylation sites is 4. The summed E-state index contributed by atoms with van der Waals surface area (Å²) in [7, 11) is 0. The molecule has 0 unspecified atom stereocenters. The van der Waals surface area contributed by atoms with Crippen LogP contribution in [-0.2, 0) is 0 Å². The lowest BCUT2D eigenvalue weighted by molar-refractivity contribution is 1.13. The van der Waals surface area contributed by atoms with Crippen molar-refractivity contribution in [2.24, 2.45) is 0 Å². The van der Waals surface area contributed by atoms with E-state index in [4.69, 9.17) is 0 Å². The molecule has 3 nitrogen and oxygen atoms in total. The average molecular weight is 602 g/mol. The Morgan fingerprint density at radius 1 is 0.340 bits per heavy atom. The number of anilines is 3. The lowest BCUT2D eigenvalue weighted by Gasteiger charge is -2.25. The van der Waals surface area contributed by atoms with Crippen molar-refractivity contribution in [3.8, 4) is 22.6 Å². The average Bonchev–Trinajstić information content (AvgIpc) is 3.70. The fourth-order valence-corrected chi connectivity index (χ4v) is 7.04. The molecule has 0 fully saturated rings. The maximum Gasteiger partial charge on any atom is 0.0635 e. The van der Waals surface area contributed by atoms with Gasteiger partial charge in [-0.3, -0.25) is 0 Å². The van der Waals surface area contributed by atoms with E-state index in [9.17, 15) is 0 Å². The highest BCUT2D eigenvalue weighted by atomic mass is 15.1. The molecule has 222 valence electrons. The van der Waals surface area contributed by atoms with Crippen molar-refractivity contribution < 1.29 is 0 Å². The molecule has 0 radical (unpaired) electrons. The van der Waals surface area contributed by atoms with Crippen LogP contribution >= 0.6 is 0 Å². The smallest absolute Gasteiger partial charge is 0.0635 e. The van der Waals surface area contributed by atoms with Crippen molar-refractivity contribution in [3.63, 3.8) is 0 Å². The highest BCUT2D eigenvalue weighted by Gasteiger charge is 2.20. The van der Waals surface area contributed by atoms with Crippen LogP contribution in [0.4, 0.5) is 17.1 Å². The van der Waals surface area contributed by atoms with E-state index < -0.39 is 0 Å². The Balaban J connectivity index is 1.29. The van der Waals surface area contributed by atoms with Crippen molar-refractivity contribution in [1.29, 1.82) is 0 Å². The van der Waals surface area contributed by atoms with Crippen LogP contribution in [0.15, 0.2) is 188 Å². The number of hydrogen-bond acceptors (Lipinski definition) is 1. The first-order chi connectivity index (χ1) is 23.3. The number of aromatic nitrogens is 2. The number of hydrogen-bond donors (Lipinski definition) is 0. The van der Waals surface area contributed by atoms with E-state index in [0.717, 1.165) is 28.4 Å². The lowest BCUT2D eigenvalue weighted by Crippen LogP contribution is -2.09. The fourth-order valence-electron chi connectivity index (χ4n) is 7.04. The highest BCUT2D eigenvalue weighted by molar-refractivity contribution is 6.19. The van der Waals surface area contributed by atoms with E-state index in [-0.39, 0.29) is 0 Å². The van der Waals surface area contributed by atoms with Crippen LogP contribution in [0.5, 0.6) is 0 Å². The van der Waals surface area contributed by atoms with Gasteiger partial charge in [0.05, 0.1) is 22.2 Å². The molecule has 9 rings (SSSR count). The second-order valence-electron chi connectivity index (χ2n) is 11.8. The van der Waals surface area contributed by atoms with Crippen LogP contribution in [0, 0.1) is 0 Å². The van der Waals surface area contributed by atoms with Gasteiger partial charge in [-0.1, -0.05) is 109 Å². The Kier molecular flexibility index (Phi) is 6.46. The van der Waals surface area contributed by atoms with Crippen molar-refractivity contribution >= 4 is 49.8 Å². The minimum Gasteiger partial charge on any atom is -0.311 e. The number of benzene rings is 7.